The van der Waals surface area contributed by atoms with E-state index >= 15 is 0 Å². The molecule has 1 aliphatic heterocycles. The normalized spacial score (nSPS) is 14.2. The Morgan fingerprint density at radius 1 is 1.20 bits per heavy atom. The minimum atomic E-state index is -0.918. The highest BCUT2D eigenvalue weighted by Gasteiger charge is 2.29. The van der Waals surface area contributed by atoms with Crippen molar-refractivity contribution in [3.05, 3.63) is 69.4 Å². The zero-order chi connectivity index (χ0) is 21.5. The molecule has 3 aromatic rings. The van der Waals surface area contributed by atoms with Gasteiger partial charge >= 0.3 is 5.69 Å². The van der Waals surface area contributed by atoms with Gasteiger partial charge in [-0.3, -0.25) is 9.55 Å². The van der Waals surface area contributed by atoms with Crippen molar-refractivity contribution in [2.75, 3.05) is 5.32 Å². The fraction of sp³-hybridized carbons (Fsp3) is 0.250. The third kappa shape index (κ3) is 4.20. The molecule has 0 saturated carbocycles. The molecule has 1 N–H and O–H groups in total. The zero-order valence-electron chi connectivity index (χ0n) is 16.1. The number of halogens is 3. The number of nitrogens with one attached hydrogen (secondary N) is 1. The van der Waals surface area contributed by atoms with Gasteiger partial charge in [-0.05, 0) is 31.5 Å². The molecule has 0 aliphatic carbocycles. The Morgan fingerprint density at radius 3 is 2.63 bits per heavy atom. The second kappa shape index (κ2) is 7.56. The molecule has 7 nitrogen and oxygen atoms in total. The molecule has 0 unspecified atom stereocenters. The van der Waals surface area contributed by atoms with E-state index in [4.69, 9.17) is 21.1 Å². The molecule has 4 rings (SSSR count). The highest BCUT2D eigenvalue weighted by atomic mass is 35.5. The third-order valence-corrected chi connectivity index (χ3v) is 4.56. The van der Waals surface area contributed by atoms with Crippen molar-refractivity contribution in [3.8, 4) is 17.4 Å². The van der Waals surface area contributed by atoms with Crippen LogP contribution in [0.15, 0.2) is 41.5 Å². The van der Waals surface area contributed by atoms with Crippen molar-refractivity contribution in [2.45, 2.75) is 32.5 Å². The molecule has 30 heavy (non-hydrogen) atoms. The monoisotopic (exact) mass is 434 g/mol. The van der Waals surface area contributed by atoms with Crippen LogP contribution in [0, 0.1) is 11.6 Å². The van der Waals surface area contributed by atoms with Crippen molar-refractivity contribution < 1.29 is 18.3 Å². The van der Waals surface area contributed by atoms with Crippen LogP contribution >= 0.6 is 11.6 Å². The molecular weight excluding hydrogens is 418 g/mol. The Kier molecular flexibility index (Phi) is 5.07. The lowest BCUT2D eigenvalue weighted by molar-refractivity contribution is 0.289. The molecule has 0 bridgehead atoms. The molecule has 0 fully saturated rings. The quantitative estimate of drug-likeness (QED) is 0.650. The number of rotatable bonds is 5. The van der Waals surface area contributed by atoms with Crippen LogP contribution in [0.25, 0.3) is 0 Å². The van der Waals surface area contributed by atoms with Crippen LogP contribution in [-0.2, 0) is 13.2 Å². The molecule has 0 radical (unpaired) electrons. The summed E-state index contributed by atoms with van der Waals surface area (Å²) in [5.74, 6) is -1.68. The Balaban J connectivity index is 1.50. The predicted molar refractivity (Wildman–Crippen MR) is 106 cm³/mol. The van der Waals surface area contributed by atoms with Crippen LogP contribution in [0.4, 0.5) is 14.6 Å². The summed E-state index contributed by atoms with van der Waals surface area (Å²) in [4.78, 5) is 19.8. The zero-order valence-corrected chi connectivity index (χ0v) is 16.8. The Labute approximate surface area is 175 Å². The van der Waals surface area contributed by atoms with Gasteiger partial charge in [-0.1, -0.05) is 11.6 Å². The fourth-order valence-electron chi connectivity index (χ4n) is 3.11. The average molecular weight is 435 g/mol. The number of benzene rings is 1. The average Bonchev–Trinajstić information content (AvgIpc) is 2.98. The summed E-state index contributed by atoms with van der Waals surface area (Å²) in [5, 5.41) is 3.47. The largest absolute Gasteiger partial charge is 0.473 e. The number of fused-ring (bicyclic) bond motifs is 1. The first-order valence-electron chi connectivity index (χ1n) is 8.99. The summed E-state index contributed by atoms with van der Waals surface area (Å²) in [6, 6.07) is 5.13. The van der Waals surface area contributed by atoms with E-state index in [1.807, 2.05) is 13.8 Å². The molecule has 2 aromatic heterocycles. The summed E-state index contributed by atoms with van der Waals surface area (Å²) in [7, 11) is 0. The molecule has 0 atom stereocenters. The van der Waals surface area contributed by atoms with Gasteiger partial charge in [0, 0.05) is 18.3 Å². The number of anilines is 1. The van der Waals surface area contributed by atoms with E-state index in [1.165, 1.54) is 23.0 Å². The second-order valence-corrected chi connectivity index (χ2v) is 7.91. The molecule has 3 heterocycles. The number of pyridine rings is 1. The molecule has 156 valence electrons. The van der Waals surface area contributed by atoms with Gasteiger partial charge in [0.2, 0.25) is 5.88 Å². The predicted octanol–water partition coefficient (Wildman–Crippen LogP) is 4.15. The van der Waals surface area contributed by atoms with Crippen molar-refractivity contribution in [2.24, 2.45) is 0 Å². The van der Waals surface area contributed by atoms with Crippen LogP contribution < -0.4 is 20.5 Å². The van der Waals surface area contributed by atoms with E-state index in [-0.39, 0.29) is 34.4 Å². The number of hydrogen-bond acceptors (Lipinski definition) is 6. The lowest BCUT2D eigenvalue weighted by Gasteiger charge is -2.16. The number of nitrogens with zero attached hydrogens (tertiary/aromatic N) is 3. The maximum Gasteiger partial charge on any atom is 0.352 e. The Hall–Kier alpha value is -3.20. The molecule has 10 heteroatoms. The minimum absolute atomic E-state index is 0.0580. The lowest BCUT2D eigenvalue weighted by Crippen LogP contribution is -2.30. The van der Waals surface area contributed by atoms with E-state index in [9.17, 15) is 13.6 Å². The lowest BCUT2D eigenvalue weighted by atomic mass is 10.1. The van der Waals surface area contributed by atoms with Gasteiger partial charge in [-0.15, -0.1) is 0 Å². The van der Waals surface area contributed by atoms with Crippen LogP contribution in [0.2, 0.25) is 5.02 Å². The van der Waals surface area contributed by atoms with Crippen molar-refractivity contribution >= 4 is 17.4 Å². The molecule has 0 saturated heterocycles. The van der Waals surface area contributed by atoms with Gasteiger partial charge in [-0.2, -0.15) is 4.98 Å². The van der Waals surface area contributed by atoms with Gasteiger partial charge in [0.15, 0.2) is 17.4 Å². The van der Waals surface area contributed by atoms with Gasteiger partial charge in [0.05, 0.1) is 23.3 Å². The highest BCUT2D eigenvalue weighted by Crippen LogP contribution is 2.30. The molecule has 1 aromatic carbocycles. The van der Waals surface area contributed by atoms with E-state index in [1.54, 1.807) is 6.07 Å². The van der Waals surface area contributed by atoms with E-state index < -0.39 is 23.1 Å². The molecular formula is C20H17ClF2N4O3. The Morgan fingerprint density at radius 2 is 1.93 bits per heavy atom. The van der Waals surface area contributed by atoms with Crippen LogP contribution in [0.5, 0.6) is 17.4 Å². The van der Waals surface area contributed by atoms with Crippen molar-refractivity contribution in [1.82, 2.24) is 14.5 Å². The van der Waals surface area contributed by atoms with Crippen LogP contribution in [0.1, 0.15) is 19.4 Å². The molecule has 0 amide bonds. The van der Waals surface area contributed by atoms with Crippen molar-refractivity contribution in [3.63, 3.8) is 0 Å². The standard InChI is InChI=1S/C20H17ClF2N4O3/c1-20(2)10-27-16(26-20)6-17(25-19(27)28)29-9-11-3-14(22)18(15(23)4-11)30-13-5-12(21)7-24-8-13/h3-8,26H,9-10H2,1-2H3. The second-order valence-electron chi connectivity index (χ2n) is 7.48. The highest BCUT2D eigenvalue weighted by molar-refractivity contribution is 6.30. The topological polar surface area (TPSA) is 78.3 Å². The van der Waals surface area contributed by atoms with Crippen molar-refractivity contribution in [1.29, 1.82) is 0 Å². The first-order valence-corrected chi connectivity index (χ1v) is 9.37. The first kappa shape index (κ1) is 20.1. The molecule has 1 aliphatic rings. The Bertz CT molecular complexity index is 1160. The minimum Gasteiger partial charge on any atom is -0.473 e. The third-order valence-electron chi connectivity index (χ3n) is 4.35. The number of ether oxygens (including phenoxy) is 2. The van der Waals surface area contributed by atoms with Crippen LogP contribution in [-0.4, -0.2) is 20.1 Å². The summed E-state index contributed by atoms with van der Waals surface area (Å²) >= 11 is 5.80. The maximum atomic E-state index is 14.4. The number of hydrogen-bond donors (Lipinski definition) is 1. The molecule has 0 spiro atoms. The summed E-state index contributed by atoms with van der Waals surface area (Å²) < 4.78 is 41.0. The summed E-state index contributed by atoms with van der Waals surface area (Å²) in [6.07, 6.45) is 2.66. The first-order chi connectivity index (χ1) is 14.2. The SMILES string of the molecule is CC1(C)Cn2c(cc(OCc3cc(F)c(Oc4cncc(Cl)c4)c(F)c3)nc2=O)N1. The van der Waals surface area contributed by atoms with Crippen LogP contribution in [0.3, 0.4) is 0 Å². The number of aromatic nitrogens is 3. The van der Waals surface area contributed by atoms with E-state index in [0.717, 1.165) is 12.1 Å². The van der Waals surface area contributed by atoms with E-state index in [2.05, 4.69) is 15.3 Å². The van der Waals surface area contributed by atoms with Gasteiger partial charge in [0.1, 0.15) is 18.2 Å². The van der Waals surface area contributed by atoms with Gasteiger partial charge in [-0.25, -0.2) is 13.6 Å². The van der Waals surface area contributed by atoms with Gasteiger partial charge in [0.25, 0.3) is 0 Å². The maximum absolute atomic E-state index is 14.4. The van der Waals surface area contributed by atoms with E-state index in [0.29, 0.717) is 12.4 Å². The van der Waals surface area contributed by atoms with Gasteiger partial charge < -0.3 is 14.8 Å². The summed E-state index contributed by atoms with van der Waals surface area (Å²) in [6.45, 7) is 4.20. The summed E-state index contributed by atoms with van der Waals surface area (Å²) in [5.41, 5.74) is -0.540. The smallest absolute Gasteiger partial charge is 0.352 e. The fourth-order valence-corrected chi connectivity index (χ4v) is 3.28.